The molecule has 48 valence electrons. The van der Waals surface area contributed by atoms with Gasteiger partial charge < -0.3 is 10.2 Å². The molecule has 0 saturated carbocycles. The van der Waals surface area contributed by atoms with Crippen LogP contribution in [0.5, 0.6) is 0 Å². The molecule has 0 rings (SSSR count). The zero-order valence-corrected chi connectivity index (χ0v) is 7.13. The predicted octanol–water partition coefficient (Wildman–Crippen LogP) is 0.969. The molecular formula is C4H6Br2O2. The van der Waals surface area contributed by atoms with Crippen molar-refractivity contribution in [1.29, 1.82) is 0 Å². The summed E-state index contributed by atoms with van der Waals surface area (Å²) in [7, 11) is 0. The van der Waals surface area contributed by atoms with E-state index in [1.807, 2.05) is 0 Å². The molecule has 2 nitrogen and oxygen atoms in total. The second-order valence-electron chi connectivity index (χ2n) is 1.13. The lowest BCUT2D eigenvalue weighted by molar-refractivity contribution is 0.301. The van der Waals surface area contributed by atoms with Crippen LogP contribution in [0, 0.1) is 0 Å². The molecule has 8 heavy (non-hydrogen) atoms. The fraction of sp³-hybridized carbons (Fsp3) is 0.500. The molecular weight excluding hydrogens is 240 g/mol. The van der Waals surface area contributed by atoms with E-state index in [-0.39, 0.29) is 0 Å². The lowest BCUT2D eigenvalue weighted by atomic mass is 10.5. The molecule has 2 unspecified atom stereocenters. The van der Waals surface area contributed by atoms with E-state index in [1.165, 1.54) is 12.2 Å². The largest absolute Gasteiger partial charge is 0.378 e. The second kappa shape index (κ2) is 4.49. The van der Waals surface area contributed by atoms with Crippen LogP contribution in [-0.4, -0.2) is 20.2 Å². The fourth-order valence-corrected chi connectivity index (χ4v) is 0.536. The zero-order valence-electron chi connectivity index (χ0n) is 3.96. The van der Waals surface area contributed by atoms with Crippen molar-refractivity contribution in [3.05, 3.63) is 12.2 Å². The number of aliphatic hydroxyl groups is 2. The van der Waals surface area contributed by atoms with Crippen molar-refractivity contribution in [2.45, 2.75) is 10.0 Å². The lowest BCUT2D eigenvalue weighted by Crippen LogP contribution is -1.91. The first-order valence-electron chi connectivity index (χ1n) is 1.95. The van der Waals surface area contributed by atoms with Gasteiger partial charge in [-0.25, -0.2) is 0 Å². The van der Waals surface area contributed by atoms with Gasteiger partial charge in [0.05, 0.1) is 0 Å². The minimum absolute atomic E-state index is 0.672. The highest BCUT2D eigenvalue weighted by Crippen LogP contribution is 2.00. The highest BCUT2D eigenvalue weighted by atomic mass is 79.9. The highest BCUT2D eigenvalue weighted by molar-refractivity contribution is 9.09. The first kappa shape index (κ1) is 8.62. The average Bonchev–Trinajstić information content (AvgIpc) is 1.61. The van der Waals surface area contributed by atoms with E-state index in [0.717, 1.165) is 0 Å². The van der Waals surface area contributed by atoms with Crippen LogP contribution in [0.2, 0.25) is 0 Å². The molecule has 2 atom stereocenters. The Morgan fingerprint density at radius 2 is 1.25 bits per heavy atom. The monoisotopic (exact) mass is 244 g/mol. The summed E-state index contributed by atoms with van der Waals surface area (Å²) in [6.45, 7) is 0. The third kappa shape index (κ3) is 6.62. The van der Waals surface area contributed by atoms with Crippen molar-refractivity contribution in [3.8, 4) is 0 Å². The molecule has 0 aliphatic rings. The Morgan fingerprint density at radius 3 is 1.38 bits per heavy atom. The Hall–Kier alpha value is 0.620. The number of hydrogen-bond acceptors (Lipinski definition) is 2. The van der Waals surface area contributed by atoms with Gasteiger partial charge in [0.2, 0.25) is 0 Å². The van der Waals surface area contributed by atoms with Crippen LogP contribution < -0.4 is 0 Å². The molecule has 0 aliphatic carbocycles. The molecule has 0 fully saturated rings. The summed E-state index contributed by atoms with van der Waals surface area (Å²) >= 11 is 5.68. The Labute approximate surface area is 64.5 Å². The van der Waals surface area contributed by atoms with E-state index in [0.29, 0.717) is 0 Å². The van der Waals surface area contributed by atoms with Gasteiger partial charge in [0, 0.05) is 0 Å². The minimum atomic E-state index is -0.672. The Morgan fingerprint density at radius 1 is 1.00 bits per heavy atom. The van der Waals surface area contributed by atoms with Gasteiger partial charge in [-0.1, -0.05) is 31.9 Å². The summed E-state index contributed by atoms with van der Waals surface area (Å²) in [5, 5.41) is 15.7. The quantitative estimate of drug-likeness (QED) is 0.562. The maximum Gasteiger partial charge on any atom is 0.127 e. The fourth-order valence-electron chi connectivity index (χ4n) is 0.183. The molecule has 0 aromatic rings. The zero-order chi connectivity index (χ0) is 6.57. The normalized spacial score (nSPS) is 19.0. The van der Waals surface area contributed by atoms with Crippen LogP contribution in [0.25, 0.3) is 0 Å². The van der Waals surface area contributed by atoms with Crippen molar-refractivity contribution >= 4 is 31.9 Å². The summed E-state index contributed by atoms with van der Waals surface area (Å²) in [5.74, 6) is 0. The smallest absolute Gasteiger partial charge is 0.127 e. The van der Waals surface area contributed by atoms with Gasteiger partial charge in [0.1, 0.15) is 10.0 Å². The SMILES string of the molecule is OC(Br)/C=C/C(O)Br. The maximum atomic E-state index is 8.50. The summed E-state index contributed by atoms with van der Waals surface area (Å²) in [6, 6.07) is 0. The summed E-state index contributed by atoms with van der Waals surface area (Å²) in [6.07, 6.45) is 2.83. The number of halogens is 2. The molecule has 0 radical (unpaired) electrons. The number of rotatable bonds is 2. The van der Waals surface area contributed by atoms with Crippen molar-refractivity contribution in [1.82, 2.24) is 0 Å². The number of aliphatic hydroxyl groups excluding tert-OH is 2. The molecule has 0 spiro atoms. The van der Waals surface area contributed by atoms with Crippen LogP contribution in [-0.2, 0) is 0 Å². The van der Waals surface area contributed by atoms with Gasteiger partial charge in [0.25, 0.3) is 0 Å². The molecule has 0 aromatic heterocycles. The van der Waals surface area contributed by atoms with Gasteiger partial charge in [-0.3, -0.25) is 0 Å². The molecule has 2 N–H and O–H groups in total. The van der Waals surface area contributed by atoms with Crippen molar-refractivity contribution < 1.29 is 10.2 Å². The van der Waals surface area contributed by atoms with E-state index in [2.05, 4.69) is 31.9 Å². The van der Waals surface area contributed by atoms with Crippen LogP contribution in [0.1, 0.15) is 0 Å². The molecule has 0 saturated heterocycles. The third-order valence-corrected chi connectivity index (χ3v) is 1.04. The Balaban J connectivity index is 3.34. The molecule has 0 amide bonds. The molecule has 0 bridgehead atoms. The van der Waals surface area contributed by atoms with E-state index in [4.69, 9.17) is 10.2 Å². The van der Waals surface area contributed by atoms with Crippen LogP contribution >= 0.6 is 31.9 Å². The van der Waals surface area contributed by atoms with E-state index < -0.39 is 10.0 Å². The second-order valence-corrected chi connectivity index (χ2v) is 3.01. The Bertz CT molecular complexity index is 70.1. The predicted molar refractivity (Wildman–Crippen MR) is 39.0 cm³/mol. The van der Waals surface area contributed by atoms with Crippen LogP contribution in [0.15, 0.2) is 12.2 Å². The summed E-state index contributed by atoms with van der Waals surface area (Å²) in [4.78, 5) is 0. The van der Waals surface area contributed by atoms with Crippen molar-refractivity contribution in [3.63, 3.8) is 0 Å². The summed E-state index contributed by atoms with van der Waals surface area (Å²) in [5.41, 5.74) is 0. The number of alkyl halides is 2. The van der Waals surface area contributed by atoms with E-state index in [1.54, 1.807) is 0 Å². The molecule has 0 heterocycles. The lowest BCUT2D eigenvalue weighted by Gasteiger charge is -1.92. The van der Waals surface area contributed by atoms with Crippen molar-refractivity contribution in [2.75, 3.05) is 0 Å². The van der Waals surface area contributed by atoms with Gasteiger partial charge in [-0.15, -0.1) is 0 Å². The first-order valence-corrected chi connectivity index (χ1v) is 3.78. The molecule has 0 aromatic carbocycles. The first-order chi connectivity index (χ1) is 3.63. The van der Waals surface area contributed by atoms with Crippen LogP contribution in [0.4, 0.5) is 0 Å². The molecule has 4 heteroatoms. The standard InChI is InChI=1S/C4H6Br2O2/c5-3(7)1-2-4(6)8/h1-4,7-8H/b2-1+. The number of hydrogen-bond donors (Lipinski definition) is 2. The minimum Gasteiger partial charge on any atom is -0.378 e. The van der Waals surface area contributed by atoms with Gasteiger partial charge in [0.15, 0.2) is 0 Å². The van der Waals surface area contributed by atoms with Gasteiger partial charge >= 0.3 is 0 Å². The van der Waals surface area contributed by atoms with Gasteiger partial charge in [-0.2, -0.15) is 0 Å². The third-order valence-electron chi connectivity index (χ3n) is 0.429. The topological polar surface area (TPSA) is 40.5 Å². The highest BCUT2D eigenvalue weighted by Gasteiger charge is 1.90. The van der Waals surface area contributed by atoms with Gasteiger partial charge in [-0.05, 0) is 12.2 Å². The van der Waals surface area contributed by atoms with Crippen LogP contribution in [0.3, 0.4) is 0 Å². The molecule has 0 aliphatic heterocycles. The van der Waals surface area contributed by atoms with Crippen molar-refractivity contribution in [2.24, 2.45) is 0 Å². The average molecular weight is 246 g/mol. The van der Waals surface area contributed by atoms with E-state index in [9.17, 15) is 0 Å². The Kier molecular flexibility index (Phi) is 4.84. The summed E-state index contributed by atoms with van der Waals surface area (Å²) < 4.78 is 0. The van der Waals surface area contributed by atoms with E-state index >= 15 is 0 Å². The maximum absolute atomic E-state index is 8.50.